The molecular weight excluding hydrogens is 500 g/mol. The largest absolute Gasteiger partial charge is 0.451 e. The summed E-state index contributed by atoms with van der Waals surface area (Å²) in [6, 6.07) is 10.2. The van der Waals surface area contributed by atoms with Crippen molar-refractivity contribution in [3.8, 4) is 34.1 Å². The second-order valence-corrected chi connectivity index (χ2v) is 7.41. The summed E-state index contributed by atoms with van der Waals surface area (Å²) in [6.07, 6.45) is 0. The lowest BCUT2D eigenvalue weighted by molar-refractivity contribution is -0.255. The van der Waals surface area contributed by atoms with Crippen molar-refractivity contribution >= 4 is 11.4 Å². The molecule has 4 rings (SSSR count). The predicted molar refractivity (Wildman–Crippen MR) is 110 cm³/mol. The van der Waals surface area contributed by atoms with E-state index >= 15 is 0 Å². The van der Waals surface area contributed by atoms with E-state index in [1.807, 2.05) is 0 Å². The van der Waals surface area contributed by atoms with Crippen molar-refractivity contribution in [2.24, 2.45) is 0 Å². The third-order valence-corrected chi connectivity index (χ3v) is 4.98. The van der Waals surface area contributed by atoms with Gasteiger partial charge in [0.05, 0.1) is 11.1 Å². The molecular formula is C24H14F8N2O2+2. The second kappa shape index (κ2) is 9.47. The first-order valence-electron chi connectivity index (χ1n) is 9.93. The molecule has 0 amide bonds. The van der Waals surface area contributed by atoms with E-state index in [2.05, 4.69) is 11.5 Å². The highest BCUT2D eigenvalue weighted by Gasteiger charge is 2.35. The summed E-state index contributed by atoms with van der Waals surface area (Å²) in [5.41, 5.74) is 4.07. The number of benzene rings is 4. The number of quaternary nitrogens is 2. The Morgan fingerprint density at radius 1 is 0.389 bits per heavy atom. The van der Waals surface area contributed by atoms with E-state index in [4.69, 9.17) is 9.47 Å². The van der Waals surface area contributed by atoms with Gasteiger partial charge in [-0.1, -0.05) is 0 Å². The van der Waals surface area contributed by atoms with Crippen LogP contribution >= 0.6 is 0 Å². The highest BCUT2D eigenvalue weighted by molar-refractivity contribution is 5.69. The lowest BCUT2D eigenvalue weighted by Crippen LogP contribution is -2.39. The molecule has 0 saturated heterocycles. The Bertz CT molecular complexity index is 1300. The van der Waals surface area contributed by atoms with Crippen molar-refractivity contribution in [2.45, 2.75) is 0 Å². The maximum absolute atomic E-state index is 14.8. The van der Waals surface area contributed by atoms with Gasteiger partial charge in [-0.25, -0.2) is 17.6 Å². The van der Waals surface area contributed by atoms with Crippen LogP contribution in [0.4, 0.5) is 46.5 Å². The fourth-order valence-corrected chi connectivity index (χ4v) is 3.19. The van der Waals surface area contributed by atoms with Crippen LogP contribution in [0, 0.1) is 46.5 Å². The summed E-state index contributed by atoms with van der Waals surface area (Å²) >= 11 is 0. The van der Waals surface area contributed by atoms with Gasteiger partial charge >= 0.3 is 0 Å². The molecule has 0 bridgehead atoms. The van der Waals surface area contributed by atoms with Crippen LogP contribution in [0.2, 0.25) is 0 Å². The van der Waals surface area contributed by atoms with Crippen LogP contribution in [0.1, 0.15) is 0 Å². The van der Waals surface area contributed by atoms with Gasteiger partial charge in [0.15, 0.2) is 23.3 Å². The quantitative estimate of drug-likeness (QED) is 0.261. The molecule has 0 spiro atoms. The molecule has 36 heavy (non-hydrogen) atoms. The van der Waals surface area contributed by atoms with E-state index < -0.39 is 69.2 Å². The lowest BCUT2D eigenvalue weighted by atomic mass is 10.0. The number of rotatable bonds is 5. The fourth-order valence-electron chi connectivity index (χ4n) is 3.19. The van der Waals surface area contributed by atoms with E-state index in [1.54, 1.807) is 0 Å². The smallest absolute Gasteiger partial charge is 0.205 e. The Morgan fingerprint density at radius 3 is 0.889 bits per heavy atom. The van der Waals surface area contributed by atoms with Crippen LogP contribution < -0.4 is 20.9 Å². The van der Waals surface area contributed by atoms with Crippen molar-refractivity contribution in [2.75, 3.05) is 0 Å². The van der Waals surface area contributed by atoms with Gasteiger partial charge in [-0.15, -0.1) is 0 Å². The summed E-state index contributed by atoms with van der Waals surface area (Å²) in [6.45, 7) is 0. The molecule has 0 atom stereocenters. The van der Waals surface area contributed by atoms with Gasteiger partial charge in [0.2, 0.25) is 34.8 Å². The van der Waals surface area contributed by atoms with Crippen molar-refractivity contribution in [3.05, 3.63) is 95.1 Å². The Labute approximate surface area is 197 Å². The van der Waals surface area contributed by atoms with Crippen LogP contribution in [0.3, 0.4) is 0 Å². The van der Waals surface area contributed by atoms with Crippen molar-refractivity contribution < 1.29 is 56.1 Å². The maximum Gasteiger partial charge on any atom is 0.205 e. The first kappa shape index (κ1) is 24.9. The molecule has 0 unspecified atom stereocenters. The minimum Gasteiger partial charge on any atom is -0.451 e. The highest BCUT2D eigenvalue weighted by Crippen LogP contribution is 2.43. The van der Waals surface area contributed by atoms with Crippen LogP contribution in [-0.4, -0.2) is 0 Å². The average molecular weight is 514 g/mol. The van der Waals surface area contributed by atoms with Crippen molar-refractivity contribution in [3.63, 3.8) is 0 Å². The van der Waals surface area contributed by atoms with Gasteiger partial charge in [-0.3, -0.25) is 0 Å². The second-order valence-electron chi connectivity index (χ2n) is 7.41. The zero-order valence-corrected chi connectivity index (χ0v) is 17.9. The molecule has 4 aromatic carbocycles. The molecule has 0 saturated carbocycles. The molecule has 4 nitrogen and oxygen atoms in total. The minimum atomic E-state index is -2.35. The maximum atomic E-state index is 14.8. The predicted octanol–water partition coefficient (Wildman–Crippen LogP) is 5.80. The Morgan fingerprint density at radius 2 is 0.639 bits per heavy atom. The topological polar surface area (TPSA) is 73.7 Å². The SMILES string of the molecule is [NH3+]c1ccc(Oc2c(F)c(F)c(-c3c(F)c(F)c(Oc4ccc([NH3+])cc4)c(F)c3F)c(F)c2F)cc1. The van der Waals surface area contributed by atoms with Gasteiger partial charge in [0.1, 0.15) is 22.9 Å². The third-order valence-electron chi connectivity index (χ3n) is 4.98. The van der Waals surface area contributed by atoms with Gasteiger partial charge in [-0.2, -0.15) is 17.6 Å². The van der Waals surface area contributed by atoms with Crippen LogP contribution in [0.15, 0.2) is 48.5 Å². The van der Waals surface area contributed by atoms with E-state index in [-0.39, 0.29) is 11.5 Å². The van der Waals surface area contributed by atoms with Gasteiger partial charge in [-0.05, 0) is 24.3 Å². The summed E-state index contributed by atoms with van der Waals surface area (Å²) < 4.78 is 127. The number of ether oxygens (including phenoxy) is 2. The van der Waals surface area contributed by atoms with Gasteiger partial charge in [0.25, 0.3) is 0 Å². The van der Waals surface area contributed by atoms with Gasteiger partial charge < -0.3 is 20.9 Å². The van der Waals surface area contributed by atoms with Crippen molar-refractivity contribution in [1.29, 1.82) is 0 Å². The summed E-state index contributed by atoms with van der Waals surface area (Å²) in [5, 5.41) is 0. The average Bonchev–Trinajstić information content (AvgIpc) is 2.86. The third kappa shape index (κ3) is 4.32. The van der Waals surface area contributed by atoms with Crippen LogP contribution in [0.5, 0.6) is 23.0 Å². The fraction of sp³-hybridized carbons (Fsp3) is 0. The molecule has 0 aliphatic carbocycles. The Balaban J connectivity index is 1.85. The molecule has 0 fully saturated rings. The summed E-state index contributed by atoms with van der Waals surface area (Å²) in [4.78, 5) is 0. The Hall–Kier alpha value is -4.16. The number of halogens is 8. The zero-order chi connectivity index (χ0) is 26.3. The number of hydrogen-bond acceptors (Lipinski definition) is 2. The molecule has 0 radical (unpaired) electrons. The number of hydrogen-bond donors (Lipinski definition) is 2. The van der Waals surface area contributed by atoms with E-state index in [0.717, 1.165) is 0 Å². The summed E-state index contributed by atoms with van der Waals surface area (Å²) in [5.74, 6) is -21.9. The van der Waals surface area contributed by atoms with E-state index in [9.17, 15) is 35.1 Å². The Kier molecular flexibility index (Phi) is 6.57. The summed E-state index contributed by atoms with van der Waals surface area (Å²) in [7, 11) is 0. The highest BCUT2D eigenvalue weighted by atomic mass is 19.2. The lowest BCUT2D eigenvalue weighted by Gasteiger charge is -2.16. The minimum absolute atomic E-state index is 0.255. The molecule has 0 heterocycles. The molecule has 186 valence electrons. The van der Waals surface area contributed by atoms with Crippen molar-refractivity contribution in [1.82, 2.24) is 0 Å². The first-order valence-corrected chi connectivity index (χ1v) is 9.93. The molecule has 6 N–H and O–H groups in total. The molecule has 4 aromatic rings. The van der Waals surface area contributed by atoms with Crippen LogP contribution in [0.25, 0.3) is 11.1 Å². The molecule has 0 aliphatic rings. The monoisotopic (exact) mass is 514 g/mol. The first-order chi connectivity index (χ1) is 17.0. The van der Waals surface area contributed by atoms with Gasteiger partial charge in [0, 0.05) is 24.3 Å². The molecule has 0 aromatic heterocycles. The molecule has 12 heteroatoms. The standard InChI is InChI=1S/C24H12F8N2O2/c25-15-13(16(26)20(30)23(19(15)29)35-11-5-1-9(33)2-6-11)14-17(27)21(31)24(22(32)18(14)28)36-12-7-3-10(34)4-8-12/h1-8H,33-34H2/p+2. The zero-order valence-electron chi connectivity index (χ0n) is 17.9. The van der Waals surface area contributed by atoms with Crippen LogP contribution in [-0.2, 0) is 0 Å². The van der Waals surface area contributed by atoms with E-state index in [0.29, 0.717) is 11.4 Å². The normalized spacial score (nSPS) is 11.1. The van der Waals surface area contributed by atoms with E-state index in [1.165, 1.54) is 48.5 Å². The molecule has 0 aliphatic heterocycles.